The number of carbonyl (C=O) groups excluding carboxylic acids is 2. The third-order valence-corrected chi connectivity index (χ3v) is 6.66. The monoisotopic (exact) mass is 536 g/mol. The molecule has 1 aliphatic carbocycles. The number of ether oxygens (including phenoxy) is 2. The molecule has 1 atom stereocenters. The van der Waals surface area contributed by atoms with Crippen molar-refractivity contribution >= 4 is 39.3 Å². The first-order valence-electron chi connectivity index (χ1n) is 11.2. The van der Waals surface area contributed by atoms with Gasteiger partial charge in [0.05, 0.1) is 12.1 Å². The van der Waals surface area contributed by atoms with Crippen LogP contribution in [0.5, 0.6) is 11.5 Å². The summed E-state index contributed by atoms with van der Waals surface area (Å²) in [5, 5.41) is 3.53. The molecule has 0 spiro atoms. The minimum absolute atomic E-state index is 0.148. The summed E-state index contributed by atoms with van der Waals surface area (Å²) in [6.07, 6.45) is 5.41. The molecule has 1 fully saturated rings. The summed E-state index contributed by atoms with van der Waals surface area (Å²) in [5.74, 6) is 0.700. The van der Waals surface area contributed by atoms with Crippen LogP contribution in [0.1, 0.15) is 44.6 Å². The normalized spacial score (nSPS) is 14.9. The lowest BCUT2D eigenvalue weighted by atomic mass is 9.95. The number of nitrogens with zero attached hydrogens (tertiary/aromatic N) is 1. The minimum Gasteiger partial charge on any atom is -0.497 e. The highest BCUT2D eigenvalue weighted by atomic mass is 79.9. The van der Waals surface area contributed by atoms with Crippen molar-refractivity contribution in [1.82, 2.24) is 10.2 Å². The molecule has 0 unspecified atom stereocenters. The molecule has 1 aliphatic rings. The fourth-order valence-electron chi connectivity index (χ4n) is 3.89. The number of benzene rings is 2. The van der Waals surface area contributed by atoms with Gasteiger partial charge in [-0.05, 0) is 55.7 Å². The van der Waals surface area contributed by atoms with E-state index in [0.717, 1.165) is 41.5 Å². The predicted octanol–water partition coefficient (Wildman–Crippen LogP) is 5.36. The molecule has 0 aromatic heterocycles. The van der Waals surface area contributed by atoms with Gasteiger partial charge < -0.3 is 19.7 Å². The van der Waals surface area contributed by atoms with Crippen molar-refractivity contribution in [2.75, 3.05) is 13.7 Å². The zero-order chi connectivity index (χ0) is 23.8. The van der Waals surface area contributed by atoms with E-state index < -0.39 is 6.04 Å². The van der Waals surface area contributed by atoms with Crippen LogP contribution in [0.15, 0.2) is 46.9 Å². The largest absolute Gasteiger partial charge is 0.497 e. The molecular formula is C25H30BrClN2O4. The molecule has 1 N–H and O–H groups in total. The number of hydrogen-bond acceptors (Lipinski definition) is 4. The molecule has 178 valence electrons. The summed E-state index contributed by atoms with van der Waals surface area (Å²) < 4.78 is 11.7. The van der Waals surface area contributed by atoms with Gasteiger partial charge in [-0.1, -0.05) is 58.9 Å². The van der Waals surface area contributed by atoms with Crippen LogP contribution < -0.4 is 14.8 Å². The average Bonchev–Trinajstić information content (AvgIpc) is 2.82. The lowest BCUT2D eigenvalue weighted by molar-refractivity contribution is -0.142. The van der Waals surface area contributed by atoms with Crippen LogP contribution in [0.25, 0.3) is 0 Å². The number of halogens is 2. The molecule has 33 heavy (non-hydrogen) atoms. The van der Waals surface area contributed by atoms with Crippen LogP contribution in [0.4, 0.5) is 0 Å². The number of nitrogens with one attached hydrogen (secondary N) is 1. The van der Waals surface area contributed by atoms with Crippen molar-refractivity contribution in [3.8, 4) is 11.5 Å². The van der Waals surface area contributed by atoms with Gasteiger partial charge in [-0.3, -0.25) is 9.59 Å². The van der Waals surface area contributed by atoms with E-state index >= 15 is 0 Å². The van der Waals surface area contributed by atoms with Crippen LogP contribution in [0.3, 0.4) is 0 Å². The summed E-state index contributed by atoms with van der Waals surface area (Å²) in [4.78, 5) is 27.8. The molecule has 1 saturated carbocycles. The topological polar surface area (TPSA) is 67.9 Å². The Morgan fingerprint density at radius 2 is 1.85 bits per heavy atom. The first-order chi connectivity index (χ1) is 15.9. The molecule has 0 aliphatic heterocycles. The Kier molecular flexibility index (Phi) is 9.44. The molecule has 8 heteroatoms. The van der Waals surface area contributed by atoms with Crippen molar-refractivity contribution in [2.24, 2.45) is 0 Å². The average molecular weight is 538 g/mol. The van der Waals surface area contributed by atoms with Gasteiger partial charge >= 0.3 is 0 Å². The van der Waals surface area contributed by atoms with E-state index in [1.165, 1.54) is 6.42 Å². The fraction of sp³-hybridized carbons (Fsp3) is 0.440. The van der Waals surface area contributed by atoms with Gasteiger partial charge in [-0.25, -0.2) is 0 Å². The number of carbonyl (C=O) groups is 2. The van der Waals surface area contributed by atoms with Crippen LogP contribution in [-0.2, 0) is 16.1 Å². The van der Waals surface area contributed by atoms with E-state index in [2.05, 4.69) is 21.2 Å². The molecule has 0 saturated heterocycles. The van der Waals surface area contributed by atoms with Gasteiger partial charge in [0.25, 0.3) is 5.91 Å². The second-order valence-electron chi connectivity index (χ2n) is 8.25. The minimum atomic E-state index is -0.648. The first-order valence-corrected chi connectivity index (χ1v) is 12.3. The second-order valence-corrected chi connectivity index (χ2v) is 9.58. The number of rotatable bonds is 9. The van der Waals surface area contributed by atoms with Gasteiger partial charge in [-0.15, -0.1) is 0 Å². The van der Waals surface area contributed by atoms with Gasteiger partial charge in [-0.2, -0.15) is 0 Å². The Labute approximate surface area is 208 Å². The van der Waals surface area contributed by atoms with Gasteiger partial charge in [0.1, 0.15) is 17.5 Å². The lowest BCUT2D eigenvalue weighted by Gasteiger charge is -2.31. The molecule has 6 nitrogen and oxygen atoms in total. The lowest BCUT2D eigenvalue weighted by Crippen LogP contribution is -2.51. The number of methoxy groups -OCH3 is 1. The molecule has 0 heterocycles. The van der Waals surface area contributed by atoms with E-state index in [0.29, 0.717) is 10.8 Å². The maximum absolute atomic E-state index is 13.2. The molecule has 3 rings (SSSR count). The number of hydrogen-bond donors (Lipinski definition) is 1. The van der Waals surface area contributed by atoms with E-state index in [9.17, 15) is 9.59 Å². The molecule has 2 aromatic rings. The predicted molar refractivity (Wildman–Crippen MR) is 133 cm³/mol. The van der Waals surface area contributed by atoms with Crippen molar-refractivity contribution in [1.29, 1.82) is 0 Å². The van der Waals surface area contributed by atoms with E-state index in [-0.39, 0.29) is 31.0 Å². The summed E-state index contributed by atoms with van der Waals surface area (Å²) in [7, 11) is 1.60. The third kappa shape index (κ3) is 7.37. The third-order valence-electron chi connectivity index (χ3n) is 5.88. The van der Waals surface area contributed by atoms with Crippen LogP contribution >= 0.6 is 27.5 Å². The number of amides is 2. The van der Waals surface area contributed by atoms with Crippen molar-refractivity contribution in [2.45, 2.75) is 57.7 Å². The maximum atomic E-state index is 13.2. The zero-order valence-electron chi connectivity index (χ0n) is 19.0. The van der Waals surface area contributed by atoms with Gasteiger partial charge in [0, 0.05) is 17.1 Å². The van der Waals surface area contributed by atoms with Gasteiger partial charge in [0.15, 0.2) is 6.61 Å². The molecule has 0 bridgehead atoms. The Bertz CT molecular complexity index is 948. The smallest absolute Gasteiger partial charge is 0.261 e. The summed E-state index contributed by atoms with van der Waals surface area (Å²) in [6, 6.07) is 12.2. The maximum Gasteiger partial charge on any atom is 0.261 e. The first kappa shape index (κ1) is 25.4. The van der Waals surface area contributed by atoms with E-state index in [4.69, 9.17) is 21.1 Å². The van der Waals surface area contributed by atoms with Crippen molar-refractivity contribution in [3.05, 3.63) is 57.5 Å². The SMILES string of the molecule is COc1ccc(CN(C(=O)COc2ccc(Br)cc2Cl)[C@@H](C)C(=O)NC2CCCCC2)cc1. The standard InChI is InChI=1S/C25H30BrClN2O4/c1-17(25(31)28-20-6-4-3-5-7-20)29(15-18-8-11-21(32-2)12-9-18)24(30)16-33-23-13-10-19(26)14-22(23)27/h8-14,17,20H,3-7,15-16H2,1-2H3,(H,28,31)/t17-/m0/s1. The fourth-order valence-corrected chi connectivity index (χ4v) is 4.62. The highest BCUT2D eigenvalue weighted by Crippen LogP contribution is 2.28. The quantitative estimate of drug-likeness (QED) is 0.468. The van der Waals surface area contributed by atoms with Crippen molar-refractivity contribution < 1.29 is 19.1 Å². The molecule has 0 radical (unpaired) electrons. The van der Waals surface area contributed by atoms with Crippen LogP contribution in [0, 0.1) is 0 Å². The zero-order valence-corrected chi connectivity index (χ0v) is 21.3. The van der Waals surface area contributed by atoms with E-state index in [1.54, 1.807) is 37.1 Å². The Morgan fingerprint density at radius 3 is 2.48 bits per heavy atom. The van der Waals surface area contributed by atoms with Crippen LogP contribution in [-0.4, -0.2) is 42.5 Å². The van der Waals surface area contributed by atoms with Gasteiger partial charge in [0.2, 0.25) is 5.91 Å². The Hall–Kier alpha value is -2.25. The highest BCUT2D eigenvalue weighted by molar-refractivity contribution is 9.10. The Balaban J connectivity index is 1.72. The molecular weight excluding hydrogens is 508 g/mol. The summed E-state index contributed by atoms with van der Waals surface area (Å²) in [5.41, 5.74) is 0.892. The summed E-state index contributed by atoms with van der Waals surface area (Å²) >= 11 is 9.57. The Morgan fingerprint density at radius 1 is 1.15 bits per heavy atom. The molecule has 2 amide bonds. The van der Waals surface area contributed by atoms with Crippen LogP contribution in [0.2, 0.25) is 5.02 Å². The highest BCUT2D eigenvalue weighted by Gasteiger charge is 2.28. The summed E-state index contributed by atoms with van der Waals surface area (Å²) in [6.45, 7) is 1.81. The van der Waals surface area contributed by atoms with E-state index in [1.807, 2.05) is 24.3 Å². The molecule has 2 aromatic carbocycles. The van der Waals surface area contributed by atoms with Crippen molar-refractivity contribution in [3.63, 3.8) is 0 Å². The second kappa shape index (κ2) is 12.3.